The molecule has 4 aromatic rings. The number of aromatic amines is 1. The van der Waals surface area contributed by atoms with E-state index < -0.39 is 22.8 Å². The number of fused-ring (bicyclic) bond motifs is 2. The van der Waals surface area contributed by atoms with Gasteiger partial charge in [0.05, 0.1) is 30.4 Å². The molecule has 1 aliphatic rings. The maximum absolute atomic E-state index is 14.4. The summed E-state index contributed by atoms with van der Waals surface area (Å²) in [5.41, 5.74) is 2.00. The number of nitrogens with one attached hydrogen (secondary N) is 1. The molecule has 0 unspecified atom stereocenters. The molecule has 0 amide bonds. The van der Waals surface area contributed by atoms with E-state index in [-0.39, 0.29) is 30.9 Å². The van der Waals surface area contributed by atoms with Crippen molar-refractivity contribution in [3.63, 3.8) is 0 Å². The van der Waals surface area contributed by atoms with Crippen LogP contribution in [0.25, 0.3) is 27.5 Å². The number of H-pyrrole nitrogens is 1. The van der Waals surface area contributed by atoms with E-state index >= 15 is 0 Å². The number of aromatic nitrogens is 3. The minimum absolute atomic E-state index is 0.0425. The van der Waals surface area contributed by atoms with Gasteiger partial charge in [-0.15, -0.1) is 0 Å². The Bertz CT molecular complexity index is 1550. The highest BCUT2D eigenvalue weighted by atomic mass is 19.1. The zero-order chi connectivity index (χ0) is 26.5. The number of rotatable bonds is 6. The molecular weight excluding hydrogens is 475 g/mol. The predicted molar refractivity (Wildman–Crippen MR) is 136 cm³/mol. The maximum Gasteiger partial charge on any atom is 0.335 e. The Labute approximate surface area is 213 Å². The molecule has 1 aliphatic carbocycles. The van der Waals surface area contributed by atoms with Crippen molar-refractivity contribution in [1.82, 2.24) is 14.8 Å². The minimum atomic E-state index is -1.74. The van der Waals surface area contributed by atoms with Crippen molar-refractivity contribution >= 4 is 27.8 Å². The van der Waals surface area contributed by atoms with Crippen LogP contribution in [0.1, 0.15) is 63.1 Å². The first kappa shape index (κ1) is 24.8. The highest BCUT2D eigenvalue weighted by molar-refractivity contribution is 5.99. The Balaban J connectivity index is 1.83. The van der Waals surface area contributed by atoms with Gasteiger partial charge < -0.3 is 19.5 Å². The number of benzene rings is 2. The first-order valence-corrected chi connectivity index (χ1v) is 12.3. The molecule has 1 fully saturated rings. The van der Waals surface area contributed by atoms with E-state index in [0.717, 1.165) is 33.1 Å². The standard InChI is InChI=1S/C28H29FN4O4/c1-27(2,10-11-30)25-24(16-6-8-28(36,9-7-16)26(34)35)19-14-21-17(15-31-32-21)12-22(19)33(25)18-4-5-20(29)23(13-18)37-3/h4-5,12-16,36H,6-10H2,1-3H3,(H,31,32)(H,34,35). The molecule has 9 heteroatoms. The molecule has 0 spiro atoms. The topological polar surface area (TPSA) is 124 Å². The van der Waals surface area contributed by atoms with Crippen LogP contribution < -0.4 is 4.74 Å². The van der Waals surface area contributed by atoms with E-state index in [1.54, 1.807) is 18.3 Å². The van der Waals surface area contributed by atoms with Crippen molar-refractivity contribution in [2.45, 2.75) is 62.9 Å². The Morgan fingerprint density at radius 3 is 2.70 bits per heavy atom. The first-order valence-electron chi connectivity index (χ1n) is 12.3. The Morgan fingerprint density at radius 1 is 1.32 bits per heavy atom. The zero-order valence-electron chi connectivity index (χ0n) is 21.0. The predicted octanol–water partition coefficient (Wildman–Crippen LogP) is 5.32. The molecule has 192 valence electrons. The maximum atomic E-state index is 14.4. The second kappa shape index (κ2) is 8.89. The van der Waals surface area contributed by atoms with E-state index in [4.69, 9.17) is 4.74 Å². The van der Waals surface area contributed by atoms with E-state index in [2.05, 4.69) is 20.8 Å². The van der Waals surface area contributed by atoms with Crippen molar-refractivity contribution in [3.8, 4) is 17.5 Å². The summed E-state index contributed by atoms with van der Waals surface area (Å²) < 4.78 is 21.7. The number of hydrogen-bond acceptors (Lipinski definition) is 5. The molecule has 3 N–H and O–H groups in total. The number of carboxylic acids is 1. The number of halogens is 1. The van der Waals surface area contributed by atoms with Gasteiger partial charge in [-0.2, -0.15) is 10.4 Å². The Kier molecular flexibility index (Phi) is 5.95. The third-order valence-corrected chi connectivity index (χ3v) is 7.74. The van der Waals surface area contributed by atoms with E-state index in [9.17, 15) is 24.7 Å². The van der Waals surface area contributed by atoms with Gasteiger partial charge >= 0.3 is 5.97 Å². The summed E-state index contributed by atoms with van der Waals surface area (Å²) in [6.07, 6.45) is 3.20. The fourth-order valence-corrected chi connectivity index (χ4v) is 5.76. The second-order valence-electron chi connectivity index (χ2n) is 10.6. The summed E-state index contributed by atoms with van der Waals surface area (Å²) in [7, 11) is 1.42. The SMILES string of the molecule is COc1cc(-n2c(C(C)(C)CC#N)c(C3CCC(O)(C(=O)O)CC3)c3cc4[nH]ncc4cc32)ccc1F. The lowest BCUT2D eigenvalue weighted by Gasteiger charge is -2.35. The van der Waals surface area contributed by atoms with Crippen molar-refractivity contribution in [1.29, 1.82) is 5.26 Å². The molecule has 2 aromatic heterocycles. The van der Waals surface area contributed by atoms with E-state index in [1.165, 1.54) is 13.2 Å². The lowest BCUT2D eigenvalue weighted by atomic mass is 9.72. The summed E-state index contributed by atoms with van der Waals surface area (Å²) in [6.45, 7) is 4.02. The number of nitriles is 1. The smallest absolute Gasteiger partial charge is 0.335 e. The van der Waals surface area contributed by atoms with Gasteiger partial charge in [0.1, 0.15) is 0 Å². The fraction of sp³-hybridized carbons (Fsp3) is 0.393. The van der Waals surface area contributed by atoms with Crippen LogP contribution in [0.15, 0.2) is 36.5 Å². The molecule has 0 saturated heterocycles. The van der Waals surface area contributed by atoms with Crippen LogP contribution in [0.4, 0.5) is 4.39 Å². The molecule has 8 nitrogen and oxygen atoms in total. The number of aliphatic carboxylic acids is 1. The average Bonchev–Trinajstić information content (AvgIpc) is 3.45. The number of nitrogens with zero attached hydrogens (tertiary/aromatic N) is 3. The molecule has 2 heterocycles. The minimum Gasteiger partial charge on any atom is -0.494 e. The van der Waals surface area contributed by atoms with Gasteiger partial charge in [-0.25, -0.2) is 9.18 Å². The normalized spacial score (nSPS) is 20.3. The van der Waals surface area contributed by atoms with Gasteiger partial charge in [0.25, 0.3) is 0 Å². The highest BCUT2D eigenvalue weighted by Crippen LogP contribution is 2.48. The average molecular weight is 505 g/mol. The van der Waals surface area contributed by atoms with Crippen LogP contribution in [0, 0.1) is 17.1 Å². The first-order chi connectivity index (χ1) is 17.6. The highest BCUT2D eigenvalue weighted by Gasteiger charge is 2.43. The number of carboxylic acid groups (broad SMARTS) is 1. The summed E-state index contributed by atoms with van der Waals surface area (Å²) in [5, 5.41) is 39.0. The molecule has 2 aromatic carbocycles. The lowest BCUT2D eigenvalue weighted by molar-refractivity contribution is -0.162. The van der Waals surface area contributed by atoms with Crippen molar-refractivity contribution in [2.24, 2.45) is 0 Å². The van der Waals surface area contributed by atoms with Gasteiger partial charge in [0, 0.05) is 40.1 Å². The molecule has 0 aliphatic heterocycles. The Hall–Kier alpha value is -3.90. The lowest BCUT2D eigenvalue weighted by Crippen LogP contribution is -2.41. The van der Waals surface area contributed by atoms with Crippen molar-refractivity contribution < 1.29 is 24.1 Å². The number of methoxy groups -OCH3 is 1. The zero-order valence-corrected chi connectivity index (χ0v) is 21.0. The van der Waals surface area contributed by atoms with Crippen molar-refractivity contribution in [3.05, 3.63) is 53.6 Å². The van der Waals surface area contributed by atoms with Crippen molar-refractivity contribution in [2.75, 3.05) is 7.11 Å². The fourth-order valence-electron chi connectivity index (χ4n) is 5.76. The summed E-state index contributed by atoms with van der Waals surface area (Å²) in [4.78, 5) is 11.7. The Morgan fingerprint density at radius 2 is 2.05 bits per heavy atom. The van der Waals surface area contributed by atoms with Gasteiger partial charge in [0.2, 0.25) is 0 Å². The van der Waals surface area contributed by atoms with Crippen LogP contribution in [-0.4, -0.2) is 43.7 Å². The number of ether oxygens (including phenoxy) is 1. The quantitative estimate of drug-likeness (QED) is 0.327. The summed E-state index contributed by atoms with van der Waals surface area (Å²) in [6, 6.07) is 11.1. The van der Waals surface area contributed by atoms with E-state index in [1.807, 2.05) is 26.0 Å². The molecule has 1 saturated carbocycles. The number of hydrogen-bond donors (Lipinski definition) is 3. The van der Waals surface area contributed by atoms with Crippen LogP contribution in [0.5, 0.6) is 5.75 Å². The largest absolute Gasteiger partial charge is 0.494 e. The number of aliphatic hydroxyl groups is 1. The summed E-state index contributed by atoms with van der Waals surface area (Å²) in [5.74, 6) is -1.60. The molecule has 37 heavy (non-hydrogen) atoms. The van der Waals surface area contributed by atoms with E-state index in [0.29, 0.717) is 18.5 Å². The third-order valence-electron chi connectivity index (χ3n) is 7.74. The van der Waals surface area contributed by atoms with Gasteiger partial charge in [-0.3, -0.25) is 5.10 Å². The summed E-state index contributed by atoms with van der Waals surface area (Å²) >= 11 is 0. The number of carbonyl (C=O) groups is 1. The van der Waals surface area contributed by atoms with Gasteiger partial charge in [-0.05, 0) is 61.4 Å². The molecular formula is C28H29FN4O4. The third kappa shape index (κ3) is 4.02. The molecule has 0 atom stereocenters. The van der Waals surface area contributed by atoms with Crippen LogP contribution >= 0.6 is 0 Å². The van der Waals surface area contributed by atoms with Crippen LogP contribution in [-0.2, 0) is 10.2 Å². The second-order valence-corrected chi connectivity index (χ2v) is 10.6. The molecule has 5 rings (SSSR count). The van der Waals surface area contributed by atoms with Crippen LogP contribution in [0.3, 0.4) is 0 Å². The van der Waals surface area contributed by atoms with Crippen LogP contribution in [0.2, 0.25) is 0 Å². The monoisotopic (exact) mass is 504 g/mol. The van der Waals surface area contributed by atoms with Gasteiger partial charge in [0.15, 0.2) is 17.2 Å². The molecule has 0 radical (unpaired) electrons. The molecule has 0 bridgehead atoms. The van der Waals surface area contributed by atoms with Gasteiger partial charge in [-0.1, -0.05) is 13.8 Å².